The van der Waals surface area contributed by atoms with E-state index in [1.165, 1.54) is 0 Å². The average molecular weight is 288 g/mol. The third-order valence-electron chi connectivity index (χ3n) is 4.24. The van der Waals surface area contributed by atoms with Crippen molar-refractivity contribution in [1.82, 2.24) is 0 Å². The summed E-state index contributed by atoms with van der Waals surface area (Å²) in [4.78, 5) is 24.1. The minimum atomic E-state index is -1.13. The molecule has 4 heteroatoms. The fraction of sp³-hybridized carbons (Fsp3) is 0.529. The summed E-state index contributed by atoms with van der Waals surface area (Å²) in [6.07, 6.45) is 0.155. The molecule has 4 nitrogen and oxygen atoms in total. The molecule has 2 aliphatic rings. The van der Waals surface area contributed by atoms with Crippen LogP contribution in [0.1, 0.15) is 39.2 Å². The Morgan fingerprint density at radius 3 is 2.19 bits per heavy atom. The number of ether oxygens (including phenoxy) is 2. The van der Waals surface area contributed by atoms with Crippen LogP contribution in [-0.4, -0.2) is 18.0 Å². The van der Waals surface area contributed by atoms with Gasteiger partial charge in [-0.05, 0) is 5.56 Å². The van der Waals surface area contributed by atoms with Crippen molar-refractivity contribution in [3.05, 3.63) is 35.9 Å². The van der Waals surface area contributed by atoms with Gasteiger partial charge in [0.25, 0.3) is 0 Å². The molecule has 2 fully saturated rings. The molecular formula is C17H20O4. The molecule has 0 spiro atoms. The van der Waals surface area contributed by atoms with E-state index in [2.05, 4.69) is 0 Å². The summed E-state index contributed by atoms with van der Waals surface area (Å²) < 4.78 is 11.7. The van der Waals surface area contributed by atoms with E-state index in [9.17, 15) is 9.59 Å². The standard InChI is InChI=1S/C17H20O4/c1-16(2,3)15-20-14(19)17(21-15,12-9-13(18)10-12)11-7-5-4-6-8-11/h4-8,12,15H,9-10H2,1-3H3/t15-,17-/m0/s1. The lowest BCUT2D eigenvalue weighted by atomic mass is 9.69. The second-order valence-electron chi connectivity index (χ2n) is 6.97. The van der Waals surface area contributed by atoms with Gasteiger partial charge >= 0.3 is 5.97 Å². The zero-order valence-electron chi connectivity index (χ0n) is 12.6. The lowest BCUT2D eigenvalue weighted by molar-refractivity contribution is -0.173. The molecule has 112 valence electrons. The van der Waals surface area contributed by atoms with Crippen LogP contribution in [0.2, 0.25) is 0 Å². The smallest absolute Gasteiger partial charge is 0.345 e. The van der Waals surface area contributed by atoms with Gasteiger partial charge in [-0.1, -0.05) is 51.1 Å². The third-order valence-corrected chi connectivity index (χ3v) is 4.24. The van der Waals surface area contributed by atoms with Gasteiger partial charge in [-0.2, -0.15) is 0 Å². The van der Waals surface area contributed by atoms with Gasteiger partial charge in [0.15, 0.2) is 5.60 Å². The highest BCUT2D eigenvalue weighted by Crippen LogP contribution is 2.50. The number of cyclic esters (lactones) is 1. The molecule has 1 heterocycles. The SMILES string of the molecule is CC(C)(C)[C@H]1OC(=O)[C@](c2ccccc2)(C2CC(=O)C2)O1. The largest absolute Gasteiger partial charge is 0.433 e. The summed E-state index contributed by atoms with van der Waals surface area (Å²) in [6, 6.07) is 9.38. The first-order valence-corrected chi connectivity index (χ1v) is 7.30. The van der Waals surface area contributed by atoms with Crippen LogP contribution >= 0.6 is 0 Å². The molecule has 0 unspecified atom stereocenters. The Morgan fingerprint density at radius 2 is 1.71 bits per heavy atom. The summed E-state index contributed by atoms with van der Waals surface area (Å²) in [7, 11) is 0. The molecule has 21 heavy (non-hydrogen) atoms. The highest BCUT2D eigenvalue weighted by molar-refractivity contribution is 5.91. The van der Waals surface area contributed by atoms with E-state index in [0.717, 1.165) is 5.56 Å². The van der Waals surface area contributed by atoms with Crippen LogP contribution in [0.5, 0.6) is 0 Å². The first-order valence-electron chi connectivity index (χ1n) is 7.30. The maximum Gasteiger partial charge on any atom is 0.345 e. The molecule has 0 radical (unpaired) electrons. The molecule has 1 aliphatic heterocycles. The number of hydrogen-bond acceptors (Lipinski definition) is 4. The number of ketones is 1. The van der Waals surface area contributed by atoms with Crippen LogP contribution in [0, 0.1) is 11.3 Å². The van der Waals surface area contributed by atoms with Gasteiger partial charge in [0.2, 0.25) is 6.29 Å². The van der Waals surface area contributed by atoms with Crippen molar-refractivity contribution in [2.24, 2.45) is 11.3 Å². The van der Waals surface area contributed by atoms with Crippen LogP contribution in [-0.2, 0) is 24.7 Å². The minimum absolute atomic E-state index is 0.132. The maximum absolute atomic E-state index is 12.6. The zero-order valence-corrected chi connectivity index (χ0v) is 12.6. The Balaban J connectivity index is 2.02. The monoisotopic (exact) mass is 288 g/mol. The van der Waals surface area contributed by atoms with Crippen LogP contribution < -0.4 is 0 Å². The molecular weight excluding hydrogens is 268 g/mol. The van der Waals surface area contributed by atoms with Crippen molar-refractivity contribution >= 4 is 11.8 Å². The van der Waals surface area contributed by atoms with Gasteiger partial charge in [-0.25, -0.2) is 4.79 Å². The molecule has 3 rings (SSSR count). The number of hydrogen-bond donors (Lipinski definition) is 0. The van der Waals surface area contributed by atoms with E-state index in [0.29, 0.717) is 12.8 Å². The van der Waals surface area contributed by atoms with Crippen LogP contribution in [0.4, 0.5) is 0 Å². The molecule has 1 saturated carbocycles. The van der Waals surface area contributed by atoms with E-state index < -0.39 is 11.9 Å². The van der Waals surface area contributed by atoms with Gasteiger partial charge < -0.3 is 9.47 Å². The van der Waals surface area contributed by atoms with E-state index in [1.54, 1.807) is 0 Å². The molecule has 0 aromatic heterocycles. The first-order chi connectivity index (χ1) is 9.84. The van der Waals surface area contributed by atoms with Crippen LogP contribution in [0.15, 0.2) is 30.3 Å². The van der Waals surface area contributed by atoms with Crippen molar-refractivity contribution in [1.29, 1.82) is 0 Å². The average Bonchev–Trinajstić information content (AvgIpc) is 2.75. The van der Waals surface area contributed by atoms with Crippen molar-refractivity contribution < 1.29 is 19.1 Å². The summed E-state index contributed by atoms with van der Waals surface area (Å²) in [5, 5.41) is 0. The van der Waals surface area contributed by atoms with Gasteiger partial charge in [0, 0.05) is 24.2 Å². The van der Waals surface area contributed by atoms with E-state index in [4.69, 9.17) is 9.47 Å². The van der Waals surface area contributed by atoms with Gasteiger partial charge in [-0.3, -0.25) is 4.79 Å². The normalized spacial score (nSPS) is 30.1. The Bertz CT molecular complexity index is 564. The van der Waals surface area contributed by atoms with Crippen molar-refractivity contribution in [2.75, 3.05) is 0 Å². The summed E-state index contributed by atoms with van der Waals surface area (Å²) in [6.45, 7) is 5.91. The van der Waals surface area contributed by atoms with Crippen molar-refractivity contribution in [3.63, 3.8) is 0 Å². The Morgan fingerprint density at radius 1 is 1.10 bits per heavy atom. The molecule has 0 N–H and O–H groups in total. The number of carbonyl (C=O) groups excluding carboxylic acids is 2. The molecule has 0 bridgehead atoms. The Kier molecular flexibility index (Phi) is 3.17. The number of esters is 1. The van der Waals surface area contributed by atoms with E-state index >= 15 is 0 Å². The van der Waals surface area contributed by atoms with E-state index in [1.807, 2.05) is 51.1 Å². The number of benzene rings is 1. The van der Waals surface area contributed by atoms with Gasteiger partial charge in [0.1, 0.15) is 5.78 Å². The molecule has 0 amide bonds. The predicted octanol–water partition coefficient (Wildman–Crippen LogP) is 2.81. The quantitative estimate of drug-likeness (QED) is 0.785. The summed E-state index contributed by atoms with van der Waals surface area (Å²) in [5.74, 6) is -0.329. The van der Waals surface area contributed by atoms with E-state index in [-0.39, 0.29) is 23.1 Å². The fourth-order valence-electron chi connectivity index (χ4n) is 2.93. The van der Waals surface area contributed by atoms with Crippen LogP contribution in [0.3, 0.4) is 0 Å². The number of Topliss-reactive ketones (excluding diaryl/α,β-unsaturated/α-hetero) is 1. The lowest BCUT2D eigenvalue weighted by Crippen LogP contribution is -2.48. The van der Waals surface area contributed by atoms with Crippen molar-refractivity contribution in [3.8, 4) is 0 Å². The number of carbonyl (C=O) groups is 2. The van der Waals surface area contributed by atoms with Gasteiger partial charge in [0.05, 0.1) is 0 Å². The topological polar surface area (TPSA) is 52.6 Å². The third kappa shape index (κ3) is 2.18. The number of rotatable bonds is 2. The highest BCUT2D eigenvalue weighted by Gasteiger charge is 2.61. The molecule has 1 aromatic carbocycles. The van der Waals surface area contributed by atoms with Gasteiger partial charge in [-0.15, -0.1) is 0 Å². The fourth-order valence-corrected chi connectivity index (χ4v) is 2.93. The summed E-state index contributed by atoms with van der Waals surface area (Å²) >= 11 is 0. The zero-order chi connectivity index (χ0) is 15.3. The minimum Gasteiger partial charge on any atom is -0.433 e. The van der Waals surface area contributed by atoms with Crippen molar-refractivity contribution in [2.45, 2.75) is 45.5 Å². The van der Waals surface area contributed by atoms with Crippen LogP contribution in [0.25, 0.3) is 0 Å². The highest BCUT2D eigenvalue weighted by atomic mass is 16.8. The molecule has 1 aliphatic carbocycles. The molecule has 2 atom stereocenters. The summed E-state index contributed by atoms with van der Waals surface area (Å²) in [5.41, 5.74) is -0.660. The lowest BCUT2D eigenvalue weighted by Gasteiger charge is -2.38. The Hall–Kier alpha value is -1.68. The maximum atomic E-state index is 12.6. The predicted molar refractivity (Wildman–Crippen MR) is 76.3 cm³/mol. The molecule has 1 saturated heterocycles. The molecule has 1 aromatic rings. The second-order valence-corrected chi connectivity index (χ2v) is 6.97. The Labute approximate surface area is 124 Å². The first kappa shape index (κ1) is 14.3. The second kappa shape index (κ2) is 4.67.